The molecule has 9 heteroatoms. The summed E-state index contributed by atoms with van der Waals surface area (Å²) in [4.78, 5) is 20.8. The van der Waals surface area contributed by atoms with Gasteiger partial charge in [-0.2, -0.15) is 0 Å². The predicted octanol–water partition coefficient (Wildman–Crippen LogP) is 4.64. The number of aromatic nitrogens is 3. The minimum absolute atomic E-state index is 0.0462. The topological polar surface area (TPSA) is 86.4 Å². The first-order valence-electron chi connectivity index (χ1n) is 13.6. The molecule has 4 atom stereocenters. The molecule has 3 fully saturated rings. The number of nitrogens with zero attached hydrogens (tertiary/aromatic N) is 4. The van der Waals surface area contributed by atoms with Gasteiger partial charge < -0.3 is 14.2 Å². The lowest BCUT2D eigenvalue weighted by atomic mass is 9.53. The smallest absolute Gasteiger partial charge is 0.267 e. The Balaban J connectivity index is 1.30. The fraction of sp³-hybridized carbons (Fsp3) is 0.400. The number of rotatable bonds is 6. The lowest BCUT2D eigenvalue weighted by Gasteiger charge is -2.52. The summed E-state index contributed by atoms with van der Waals surface area (Å²) in [5.74, 6) is 3.44. The molecule has 2 aromatic carbocycles. The van der Waals surface area contributed by atoms with Gasteiger partial charge in [-0.1, -0.05) is 24.6 Å². The number of likely N-dealkylation sites (tertiary alicyclic amines) is 1. The number of carbonyl (C=O) groups is 1. The number of ether oxygens (including phenoxy) is 1. The molecule has 1 unspecified atom stereocenters. The van der Waals surface area contributed by atoms with Crippen molar-refractivity contribution in [3.8, 4) is 17.1 Å². The first kappa shape index (κ1) is 24.5. The second kappa shape index (κ2) is 8.45. The Morgan fingerprint density at radius 2 is 1.87 bits per heavy atom. The highest BCUT2D eigenvalue weighted by molar-refractivity contribution is 7.90. The maximum Gasteiger partial charge on any atom is 0.267 e. The van der Waals surface area contributed by atoms with Gasteiger partial charge in [0.05, 0.1) is 17.5 Å². The Morgan fingerprint density at radius 3 is 2.54 bits per heavy atom. The Hall–Kier alpha value is -3.59. The van der Waals surface area contributed by atoms with Gasteiger partial charge in [0.1, 0.15) is 17.1 Å². The van der Waals surface area contributed by atoms with E-state index in [-0.39, 0.29) is 10.8 Å². The SMILES string of the molecule is CCc1c(-c2nc3cc(C(=O)N4C[C@H]5CC6C[C@@H]4[C@H]65)cc(OC)c3n2C)ccn1S(=O)(=O)c1ccc(C)cc1. The number of hydrogen-bond acceptors (Lipinski definition) is 5. The number of methoxy groups -OCH3 is 1. The van der Waals surface area contributed by atoms with Crippen molar-refractivity contribution in [2.24, 2.45) is 24.8 Å². The van der Waals surface area contributed by atoms with E-state index in [1.807, 2.05) is 37.6 Å². The third kappa shape index (κ3) is 3.38. The summed E-state index contributed by atoms with van der Waals surface area (Å²) >= 11 is 0. The number of fused-ring (bicyclic) bond motifs is 1. The standard InChI is InChI=1S/C30H32N4O4S/c1-5-24-22(10-11-34(24)39(36,37)21-8-6-17(2)7-9-21)29-31-23-13-19(15-26(38-4)28(23)32(29)3)30(35)33-16-20-12-18-14-25(33)27(18)20/h6-11,13,15,18,20,25,27H,5,12,14,16H2,1-4H3/t18?,20-,25-,27-/m1/s1. The molecule has 2 saturated carbocycles. The van der Waals surface area contributed by atoms with Gasteiger partial charge in [0.2, 0.25) is 0 Å². The summed E-state index contributed by atoms with van der Waals surface area (Å²) < 4.78 is 36.1. The van der Waals surface area contributed by atoms with Crippen molar-refractivity contribution in [2.75, 3.05) is 13.7 Å². The zero-order valence-corrected chi connectivity index (χ0v) is 23.4. The van der Waals surface area contributed by atoms with Gasteiger partial charge in [-0.05, 0) is 74.3 Å². The van der Waals surface area contributed by atoms with Crippen LogP contribution in [0.1, 0.15) is 41.4 Å². The molecule has 3 aliphatic rings. The van der Waals surface area contributed by atoms with E-state index in [2.05, 4.69) is 4.90 Å². The van der Waals surface area contributed by atoms with Gasteiger partial charge in [0.25, 0.3) is 15.9 Å². The molecule has 1 saturated heterocycles. The number of carbonyl (C=O) groups excluding carboxylic acids is 1. The Morgan fingerprint density at radius 1 is 1.10 bits per heavy atom. The minimum atomic E-state index is -3.77. The Bertz CT molecular complexity index is 1750. The van der Waals surface area contributed by atoms with Crippen LogP contribution >= 0.6 is 0 Å². The molecule has 4 aromatic rings. The number of amides is 1. The average Bonchev–Trinajstić information content (AvgIpc) is 3.49. The molecule has 2 aromatic heterocycles. The second-order valence-corrected chi connectivity index (χ2v) is 13.1. The molecule has 7 rings (SSSR count). The first-order chi connectivity index (χ1) is 18.7. The number of aryl methyl sites for hydroxylation is 2. The third-order valence-corrected chi connectivity index (χ3v) is 11.0. The summed E-state index contributed by atoms with van der Waals surface area (Å²) in [7, 11) is -0.272. The molecule has 0 spiro atoms. The van der Waals surface area contributed by atoms with Crippen LogP contribution in [-0.4, -0.2) is 52.4 Å². The monoisotopic (exact) mass is 544 g/mol. The Labute approximate surface area is 228 Å². The van der Waals surface area contributed by atoms with Gasteiger partial charge in [0, 0.05) is 42.7 Å². The fourth-order valence-corrected chi connectivity index (χ4v) is 8.69. The van der Waals surface area contributed by atoms with Crippen molar-refractivity contribution in [3.05, 3.63) is 65.5 Å². The first-order valence-corrected chi connectivity index (χ1v) is 15.0. The van der Waals surface area contributed by atoms with Crippen LogP contribution in [0.4, 0.5) is 0 Å². The van der Waals surface area contributed by atoms with Crippen LogP contribution < -0.4 is 4.74 Å². The summed E-state index contributed by atoms with van der Waals surface area (Å²) in [6.07, 6.45) is 4.48. The molecule has 202 valence electrons. The molecule has 8 nitrogen and oxygen atoms in total. The van der Waals surface area contributed by atoms with Crippen molar-refractivity contribution < 1.29 is 17.9 Å². The van der Waals surface area contributed by atoms with Gasteiger partial charge in [-0.15, -0.1) is 0 Å². The normalized spacial score (nSPS) is 23.4. The van der Waals surface area contributed by atoms with E-state index in [0.29, 0.717) is 52.6 Å². The zero-order valence-electron chi connectivity index (χ0n) is 22.6. The number of benzene rings is 2. The van der Waals surface area contributed by atoms with Crippen molar-refractivity contribution in [1.82, 2.24) is 18.4 Å². The second-order valence-electron chi connectivity index (χ2n) is 11.3. The number of hydrogen-bond donors (Lipinski definition) is 0. The van der Waals surface area contributed by atoms with Crippen LogP contribution in [0.2, 0.25) is 0 Å². The lowest BCUT2D eigenvalue weighted by Crippen LogP contribution is -2.53. The van der Waals surface area contributed by atoms with E-state index >= 15 is 0 Å². The van der Waals surface area contributed by atoms with E-state index < -0.39 is 10.0 Å². The highest BCUT2D eigenvalue weighted by Gasteiger charge is 2.61. The maximum atomic E-state index is 13.6. The molecule has 0 bridgehead atoms. The van der Waals surface area contributed by atoms with E-state index in [1.54, 1.807) is 43.6 Å². The predicted molar refractivity (Wildman–Crippen MR) is 148 cm³/mol. The van der Waals surface area contributed by atoms with Crippen LogP contribution in [0.15, 0.2) is 53.6 Å². The molecule has 0 radical (unpaired) electrons. The number of imidazole rings is 1. The van der Waals surface area contributed by atoms with E-state index in [4.69, 9.17) is 9.72 Å². The summed E-state index contributed by atoms with van der Waals surface area (Å²) in [6, 6.07) is 12.7. The van der Waals surface area contributed by atoms with E-state index in [9.17, 15) is 13.2 Å². The maximum absolute atomic E-state index is 13.6. The largest absolute Gasteiger partial charge is 0.494 e. The van der Waals surface area contributed by atoms with Crippen molar-refractivity contribution in [2.45, 2.75) is 44.0 Å². The molecule has 0 N–H and O–H groups in total. The van der Waals surface area contributed by atoms with Crippen molar-refractivity contribution in [3.63, 3.8) is 0 Å². The van der Waals surface area contributed by atoms with Gasteiger partial charge in [-0.3, -0.25) is 4.79 Å². The van der Waals surface area contributed by atoms with Crippen LogP contribution in [0.3, 0.4) is 0 Å². The van der Waals surface area contributed by atoms with Crippen molar-refractivity contribution in [1.29, 1.82) is 0 Å². The van der Waals surface area contributed by atoms with Crippen LogP contribution in [0.5, 0.6) is 5.75 Å². The zero-order chi connectivity index (χ0) is 27.2. The van der Waals surface area contributed by atoms with Gasteiger partial charge >= 0.3 is 0 Å². The highest BCUT2D eigenvalue weighted by atomic mass is 32.2. The molecule has 1 aliphatic heterocycles. The van der Waals surface area contributed by atoms with Crippen LogP contribution in [-0.2, 0) is 23.5 Å². The summed E-state index contributed by atoms with van der Waals surface area (Å²) in [5, 5.41) is 0. The Kier molecular flexibility index (Phi) is 5.30. The molecular weight excluding hydrogens is 512 g/mol. The molecule has 39 heavy (non-hydrogen) atoms. The lowest BCUT2D eigenvalue weighted by molar-refractivity contribution is -0.0204. The quantitative estimate of drug-likeness (QED) is 0.353. The summed E-state index contributed by atoms with van der Waals surface area (Å²) in [6.45, 7) is 4.72. The highest BCUT2D eigenvalue weighted by Crippen LogP contribution is 2.60. The van der Waals surface area contributed by atoms with Gasteiger partial charge in [0.15, 0.2) is 0 Å². The van der Waals surface area contributed by atoms with Crippen LogP contribution in [0, 0.1) is 24.7 Å². The molecule has 3 heterocycles. The fourth-order valence-electron chi connectivity index (χ4n) is 7.24. The van der Waals surface area contributed by atoms with Gasteiger partial charge in [-0.25, -0.2) is 17.4 Å². The van der Waals surface area contributed by atoms with E-state index in [1.165, 1.54) is 10.4 Å². The third-order valence-electron chi connectivity index (χ3n) is 9.28. The minimum Gasteiger partial charge on any atom is -0.494 e. The molecule has 1 amide bonds. The summed E-state index contributed by atoms with van der Waals surface area (Å²) in [5.41, 5.74) is 4.39. The van der Waals surface area contributed by atoms with E-state index in [0.717, 1.165) is 35.5 Å². The van der Waals surface area contributed by atoms with Crippen LogP contribution in [0.25, 0.3) is 22.4 Å². The molecular formula is C30H32N4O4S. The molecule has 2 aliphatic carbocycles. The average molecular weight is 545 g/mol. The van der Waals surface area contributed by atoms with Crippen molar-refractivity contribution >= 4 is 27.0 Å².